The summed E-state index contributed by atoms with van der Waals surface area (Å²) in [6, 6.07) is 3.76. The summed E-state index contributed by atoms with van der Waals surface area (Å²) in [5, 5.41) is 15.3. The Bertz CT molecular complexity index is 582. The molecule has 6 heteroatoms. The second kappa shape index (κ2) is 6.35. The zero-order valence-electron chi connectivity index (χ0n) is 11.9. The molecule has 5 nitrogen and oxygen atoms in total. The molecule has 0 radical (unpaired) electrons. The van der Waals surface area contributed by atoms with E-state index in [2.05, 4.69) is 15.0 Å². The van der Waals surface area contributed by atoms with Crippen molar-refractivity contribution in [2.75, 3.05) is 20.6 Å². The quantitative estimate of drug-likeness (QED) is 0.915. The Morgan fingerprint density at radius 2 is 2.20 bits per heavy atom. The molecule has 0 aliphatic carbocycles. The maximum Gasteiger partial charge on any atom is 0.139 e. The molecule has 0 aliphatic rings. The zero-order valence-corrected chi connectivity index (χ0v) is 12.7. The first-order chi connectivity index (χ1) is 9.50. The highest BCUT2D eigenvalue weighted by molar-refractivity contribution is 6.31. The molecular formula is C14H19ClN4O. The summed E-state index contributed by atoms with van der Waals surface area (Å²) in [4.78, 5) is 6.30. The number of hydrogen-bond donors (Lipinski definition) is 1. The fourth-order valence-electron chi connectivity index (χ4n) is 2.03. The normalized spacial score (nSPS) is 12.9. The van der Waals surface area contributed by atoms with Gasteiger partial charge in [0.2, 0.25) is 0 Å². The molecule has 0 saturated heterocycles. The van der Waals surface area contributed by atoms with Crippen LogP contribution < -0.4 is 0 Å². The lowest BCUT2D eigenvalue weighted by atomic mass is 10.1. The predicted molar refractivity (Wildman–Crippen MR) is 78.8 cm³/mol. The van der Waals surface area contributed by atoms with Gasteiger partial charge in [-0.25, -0.2) is 0 Å². The van der Waals surface area contributed by atoms with Crippen molar-refractivity contribution in [3.8, 4) is 0 Å². The van der Waals surface area contributed by atoms with Gasteiger partial charge < -0.3 is 10.0 Å². The first kappa shape index (κ1) is 15.0. The largest absolute Gasteiger partial charge is 0.380 e. The van der Waals surface area contributed by atoms with Crippen molar-refractivity contribution < 1.29 is 5.11 Å². The van der Waals surface area contributed by atoms with Crippen LogP contribution in [0.2, 0.25) is 5.02 Å². The van der Waals surface area contributed by atoms with Crippen molar-refractivity contribution in [1.29, 1.82) is 0 Å². The number of aliphatic hydroxyl groups excluding tert-OH is 1. The van der Waals surface area contributed by atoms with Crippen LogP contribution in [0.1, 0.15) is 23.1 Å². The lowest BCUT2D eigenvalue weighted by molar-refractivity contribution is 0.200. The maximum atomic E-state index is 10.6. The van der Waals surface area contributed by atoms with Crippen molar-refractivity contribution in [2.24, 2.45) is 0 Å². The lowest BCUT2D eigenvalue weighted by Crippen LogP contribution is -2.21. The third-order valence-corrected chi connectivity index (χ3v) is 3.45. The maximum absolute atomic E-state index is 10.6. The van der Waals surface area contributed by atoms with Gasteiger partial charge in [0.1, 0.15) is 6.10 Å². The number of hydrogen-bond acceptors (Lipinski definition) is 4. The fraction of sp³-hybridized carbons (Fsp3) is 0.429. The molecule has 2 heterocycles. The van der Waals surface area contributed by atoms with Gasteiger partial charge >= 0.3 is 0 Å². The van der Waals surface area contributed by atoms with E-state index in [4.69, 9.17) is 11.6 Å². The summed E-state index contributed by atoms with van der Waals surface area (Å²) in [5.74, 6) is 0. The van der Waals surface area contributed by atoms with E-state index in [0.717, 1.165) is 12.1 Å². The van der Waals surface area contributed by atoms with E-state index < -0.39 is 6.10 Å². The molecule has 20 heavy (non-hydrogen) atoms. The summed E-state index contributed by atoms with van der Waals surface area (Å²) >= 11 is 6.17. The van der Waals surface area contributed by atoms with E-state index in [1.165, 1.54) is 0 Å². The summed E-state index contributed by atoms with van der Waals surface area (Å²) < 4.78 is 1.74. The van der Waals surface area contributed by atoms with Gasteiger partial charge in [-0.3, -0.25) is 9.67 Å². The Morgan fingerprint density at radius 1 is 1.45 bits per heavy atom. The first-order valence-electron chi connectivity index (χ1n) is 6.46. The lowest BCUT2D eigenvalue weighted by Gasteiger charge is -2.17. The third-order valence-electron chi connectivity index (χ3n) is 3.16. The van der Waals surface area contributed by atoms with Gasteiger partial charge in [0.05, 0.1) is 29.2 Å². The van der Waals surface area contributed by atoms with Gasteiger partial charge in [0, 0.05) is 12.7 Å². The van der Waals surface area contributed by atoms with Crippen LogP contribution in [0.5, 0.6) is 0 Å². The topological polar surface area (TPSA) is 54.2 Å². The number of aromatic nitrogens is 3. The highest BCUT2D eigenvalue weighted by atomic mass is 35.5. The number of pyridine rings is 1. The molecule has 0 saturated carbocycles. The zero-order chi connectivity index (χ0) is 14.7. The van der Waals surface area contributed by atoms with Gasteiger partial charge in [-0.2, -0.15) is 5.10 Å². The van der Waals surface area contributed by atoms with Gasteiger partial charge in [0.25, 0.3) is 0 Å². The summed E-state index contributed by atoms with van der Waals surface area (Å²) in [7, 11) is 3.98. The van der Waals surface area contributed by atoms with Crippen molar-refractivity contribution >= 4 is 11.6 Å². The van der Waals surface area contributed by atoms with Gasteiger partial charge in [0.15, 0.2) is 0 Å². The Kier molecular flexibility index (Phi) is 4.75. The van der Waals surface area contributed by atoms with Gasteiger partial charge in [-0.15, -0.1) is 0 Å². The van der Waals surface area contributed by atoms with Crippen LogP contribution >= 0.6 is 11.6 Å². The van der Waals surface area contributed by atoms with E-state index in [-0.39, 0.29) is 0 Å². The van der Waals surface area contributed by atoms with Crippen LogP contribution in [0.25, 0.3) is 0 Å². The fourth-order valence-corrected chi connectivity index (χ4v) is 2.27. The van der Waals surface area contributed by atoms with Crippen LogP contribution in [0.3, 0.4) is 0 Å². The molecule has 0 bridgehead atoms. The molecule has 1 atom stereocenters. The number of nitrogens with zero attached hydrogens (tertiary/aromatic N) is 4. The van der Waals surface area contributed by atoms with Crippen molar-refractivity contribution in [3.05, 3.63) is 46.5 Å². The molecular weight excluding hydrogens is 276 g/mol. The number of aliphatic hydroxyl groups is 1. The highest BCUT2D eigenvalue weighted by Gasteiger charge is 2.22. The predicted octanol–water partition coefficient (Wildman–Crippen LogP) is 1.88. The van der Waals surface area contributed by atoms with E-state index >= 15 is 0 Å². The van der Waals surface area contributed by atoms with Crippen LogP contribution in [-0.4, -0.2) is 45.4 Å². The minimum atomic E-state index is -0.867. The standard InChI is InChI=1S/C14H19ClN4O/c1-10-5-4-6-16-12(10)14(20)13-11(15)9-17-19(13)8-7-18(2)3/h4-6,9,14,20H,7-8H2,1-3H3. The SMILES string of the molecule is Cc1cccnc1C(O)c1c(Cl)cnn1CCN(C)C. The smallest absolute Gasteiger partial charge is 0.139 e. The van der Waals surface area contributed by atoms with E-state index in [9.17, 15) is 5.11 Å². The molecule has 1 unspecified atom stereocenters. The van der Waals surface area contributed by atoms with Gasteiger partial charge in [-0.05, 0) is 32.6 Å². The van der Waals surface area contributed by atoms with E-state index in [1.807, 2.05) is 33.2 Å². The van der Waals surface area contributed by atoms with E-state index in [1.54, 1.807) is 17.1 Å². The highest BCUT2D eigenvalue weighted by Crippen LogP contribution is 2.28. The summed E-state index contributed by atoms with van der Waals surface area (Å²) in [6.07, 6.45) is 2.36. The molecule has 0 spiro atoms. The summed E-state index contributed by atoms with van der Waals surface area (Å²) in [5.41, 5.74) is 2.13. The molecule has 108 valence electrons. The Hall–Kier alpha value is -1.43. The Balaban J connectivity index is 2.32. The monoisotopic (exact) mass is 294 g/mol. The van der Waals surface area contributed by atoms with Crippen LogP contribution in [0, 0.1) is 6.92 Å². The minimum Gasteiger partial charge on any atom is -0.380 e. The van der Waals surface area contributed by atoms with Crippen molar-refractivity contribution in [1.82, 2.24) is 19.7 Å². The molecule has 2 rings (SSSR count). The number of likely N-dealkylation sites (N-methyl/N-ethyl adjacent to an activating group) is 1. The molecule has 2 aromatic rings. The average Bonchev–Trinajstić information content (AvgIpc) is 2.77. The Labute approximate surface area is 123 Å². The number of halogens is 1. The third kappa shape index (κ3) is 3.17. The Morgan fingerprint density at radius 3 is 2.85 bits per heavy atom. The average molecular weight is 295 g/mol. The summed E-state index contributed by atoms with van der Waals surface area (Å²) in [6.45, 7) is 3.40. The molecule has 0 aromatic carbocycles. The molecule has 0 amide bonds. The minimum absolute atomic E-state index is 0.460. The van der Waals surface area contributed by atoms with Crippen molar-refractivity contribution in [2.45, 2.75) is 19.6 Å². The first-order valence-corrected chi connectivity index (χ1v) is 6.84. The molecule has 0 fully saturated rings. The number of aryl methyl sites for hydroxylation is 1. The van der Waals surface area contributed by atoms with Crippen LogP contribution in [0.15, 0.2) is 24.5 Å². The van der Waals surface area contributed by atoms with Crippen molar-refractivity contribution in [3.63, 3.8) is 0 Å². The number of rotatable bonds is 5. The van der Waals surface area contributed by atoms with Gasteiger partial charge in [-0.1, -0.05) is 17.7 Å². The van der Waals surface area contributed by atoms with Crippen LogP contribution in [-0.2, 0) is 6.54 Å². The molecule has 2 aromatic heterocycles. The van der Waals surface area contributed by atoms with E-state index in [0.29, 0.717) is 23.0 Å². The second-order valence-corrected chi connectivity index (χ2v) is 5.42. The second-order valence-electron chi connectivity index (χ2n) is 5.01. The molecule has 0 aliphatic heterocycles. The van der Waals surface area contributed by atoms with Crippen LogP contribution in [0.4, 0.5) is 0 Å². The molecule has 1 N–H and O–H groups in total.